The van der Waals surface area contributed by atoms with E-state index in [0.717, 1.165) is 31.0 Å². The van der Waals surface area contributed by atoms with Crippen molar-refractivity contribution in [3.63, 3.8) is 0 Å². The molecule has 1 saturated carbocycles. The minimum Gasteiger partial charge on any atom is -0.480 e. The molecular weight excluding hydrogens is 178 g/mol. The van der Waals surface area contributed by atoms with Crippen LogP contribution in [-0.2, 0) is 4.79 Å². The molecule has 3 nitrogen and oxygen atoms in total. The van der Waals surface area contributed by atoms with Crippen LogP contribution < -0.4 is 0 Å². The molecule has 14 heavy (non-hydrogen) atoms. The van der Waals surface area contributed by atoms with E-state index in [1.807, 2.05) is 4.90 Å². The van der Waals surface area contributed by atoms with E-state index in [-0.39, 0.29) is 6.54 Å². The number of hydrogen-bond donors (Lipinski definition) is 1. The zero-order valence-corrected chi connectivity index (χ0v) is 8.83. The Morgan fingerprint density at radius 3 is 2.57 bits per heavy atom. The van der Waals surface area contributed by atoms with Crippen molar-refractivity contribution in [1.29, 1.82) is 0 Å². The topological polar surface area (TPSA) is 40.5 Å². The fourth-order valence-electron chi connectivity index (χ4n) is 1.47. The molecule has 0 aliphatic heterocycles. The first-order chi connectivity index (χ1) is 6.61. The van der Waals surface area contributed by atoms with Crippen molar-refractivity contribution >= 4 is 5.97 Å². The van der Waals surface area contributed by atoms with Gasteiger partial charge in [0.1, 0.15) is 0 Å². The molecule has 1 fully saturated rings. The molecule has 0 aromatic heterocycles. The van der Waals surface area contributed by atoms with Crippen molar-refractivity contribution in [2.45, 2.75) is 26.2 Å². The fraction of sp³-hybridized carbons (Fsp3) is 0.727. The molecule has 0 saturated heterocycles. The molecule has 0 atom stereocenters. The molecule has 1 rings (SSSR count). The quantitative estimate of drug-likeness (QED) is 0.632. The van der Waals surface area contributed by atoms with Crippen molar-refractivity contribution in [1.82, 2.24) is 4.90 Å². The number of rotatable bonds is 7. The molecule has 0 heterocycles. The Hall–Kier alpha value is -0.830. The molecule has 80 valence electrons. The summed E-state index contributed by atoms with van der Waals surface area (Å²) in [7, 11) is 0. The fourth-order valence-corrected chi connectivity index (χ4v) is 1.47. The molecule has 0 unspecified atom stereocenters. The predicted octanol–water partition coefficient (Wildman–Crippen LogP) is 1.75. The highest BCUT2D eigenvalue weighted by Crippen LogP contribution is 2.29. The lowest BCUT2D eigenvalue weighted by molar-refractivity contribution is -0.138. The molecule has 1 N–H and O–H groups in total. The maximum Gasteiger partial charge on any atom is 0.317 e. The van der Waals surface area contributed by atoms with Crippen LogP contribution in [0.4, 0.5) is 0 Å². The summed E-state index contributed by atoms with van der Waals surface area (Å²) >= 11 is 0. The Bertz CT molecular complexity index is 221. The second-order valence-electron chi connectivity index (χ2n) is 4.11. The van der Waals surface area contributed by atoms with E-state index in [1.54, 1.807) is 0 Å². The highest BCUT2D eigenvalue weighted by atomic mass is 16.4. The Labute approximate surface area is 85.4 Å². The smallest absolute Gasteiger partial charge is 0.317 e. The van der Waals surface area contributed by atoms with Crippen molar-refractivity contribution in [3.05, 3.63) is 12.2 Å². The Morgan fingerprint density at radius 1 is 1.50 bits per heavy atom. The number of carboxylic acid groups (broad SMARTS) is 1. The number of carbonyl (C=O) groups is 1. The van der Waals surface area contributed by atoms with Crippen LogP contribution in [0.25, 0.3) is 0 Å². The lowest BCUT2D eigenvalue weighted by atomic mass is 10.2. The molecule has 0 aromatic rings. The summed E-state index contributed by atoms with van der Waals surface area (Å²) in [5.41, 5.74) is 1.12. The van der Waals surface area contributed by atoms with Crippen molar-refractivity contribution < 1.29 is 9.90 Å². The Kier molecular flexibility index (Phi) is 4.14. The van der Waals surface area contributed by atoms with E-state index in [2.05, 4.69) is 13.5 Å². The number of aliphatic carboxylic acids is 1. The molecule has 0 bridgehead atoms. The van der Waals surface area contributed by atoms with E-state index in [1.165, 1.54) is 12.8 Å². The van der Waals surface area contributed by atoms with Gasteiger partial charge in [-0.15, -0.1) is 0 Å². The number of nitrogens with zero attached hydrogens (tertiary/aromatic N) is 1. The van der Waals surface area contributed by atoms with Crippen LogP contribution in [0, 0.1) is 5.92 Å². The summed E-state index contributed by atoms with van der Waals surface area (Å²) in [6, 6.07) is 0. The lowest BCUT2D eigenvalue weighted by Crippen LogP contribution is -2.33. The van der Waals surface area contributed by atoms with Gasteiger partial charge in [0.2, 0.25) is 0 Å². The summed E-state index contributed by atoms with van der Waals surface area (Å²) in [6.07, 6.45) is 3.45. The minimum atomic E-state index is -0.741. The van der Waals surface area contributed by atoms with Gasteiger partial charge in [-0.05, 0) is 25.2 Å². The molecule has 3 heteroatoms. The van der Waals surface area contributed by atoms with Gasteiger partial charge in [0.05, 0.1) is 6.54 Å². The van der Waals surface area contributed by atoms with Crippen LogP contribution >= 0.6 is 0 Å². The van der Waals surface area contributed by atoms with Crippen LogP contribution in [0.2, 0.25) is 0 Å². The predicted molar refractivity (Wildman–Crippen MR) is 56.2 cm³/mol. The normalized spacial score (nSPS) is 15.9. The maximum absolute atomic E-state index is 10.6. The number of carboxylic acids is 1. The zero-order chi connectivity index (χ0) is 10.6. The van der Waals surface area contributed by atoms with E-state index in [9.17, 15) is 4.79 Å². The van der Waals surface area contributed by atoms with Gasteiger partial charge in [-0.1, -0.05) is 19.1 Å². The maximum atomic E-state index is 10.6. The van der Waals surface area contributed by atoms with E-state index < -0.39 is 5.97 Å². The molecule has 0 radical (unpaired) electrons. The highest BCUT2D eigenvalue weighted by Gasteiger charge is 2.25. The van der Waals surface area contributed by atoms with Crippen LogP contribution in [0.3, 0.4) is 0 Å². The summed E-state index contributed by atoms with van der Waals surface area (Å²) in [6.45, 7) is 7.77. The third-order valence-corrected chi connectivity index (χ3v) is 2.52. The first kappa shape index (κ1) is 11.2. The average molecular weight is 197 g/mol. The third-order valence-electron chi connectivity index (χ3n) is 2.52. The van der Waals surface area contributed by atoms with Crippen molar-refractivity contribution in [2.75, 3.05) is 19.6 Å². The van der Waals surface area contributed by atoms with Gasteiger partial charge in [-0.3, -0.25) is 9.69 Å². The Balaban J connectivity index is 2.33. The van der Waals surface area contributed by atoms with E-state index in [4.69, 9.17) is 5.11 Å². The SMILES string of the molecule is C=C(CC)CN(CC(=O)O)CC1CC1. The number of hydrogen-bond acceptors (Lipinski definition) is 2. The largest absolute Gasteiger partial charge is 0.480 e. The Morgan fingerprint density at radius 2 is 2.14 bits per heavy atom. The molecule has 1 aliphatic carbocycles. The van der Waals surface area contributed by atoms with E-state index >= 15 is 0 Å². The monoisotopic (exact) mass is 197 g/mol. The molecule has 1 aliphatic rings. The lowest BCUT2D eigenvalue weighted by Gasteiger charge is -2.20. The first-order valence-corrected chi connectivity index (χ1v) is 5.22. The van der Waals surface area contributed by atoms with E-state index in [0.29, 0.717) is 0 Å². The van der Waals surface area contributed by atoms with Gasteiger partial charge in [-0.2, -0.15) is 0 Å². The van der Waals surface area contributed by atoms with Crippen LogP contribution in [0.15, 0.2) is 12.2 Å². The van der Waals surface area contributed by atoms with Crippen LogP contribution in [-0.4, -0.2) is 35.6 Å². The molecular formula is C11H19NO2. The molecule has 0 spiro atoms. The summed E-state index contributed by atoms with van der Waals surface area (Å²) in [5.74, 6) is -0.00596. The van der Waals surface area contributed by atoms with Gasteiger partial charge >= 0.3 is 5.97 Å². The summed E-state index contributed by atoms with van der Waals surface area (Å²) < 4.78 is 0. The van der Waals surface area contributed by atoms with Crippen molar-refractivity contribution in [2.24, 2.45) is 5.92 Å². The summed E-state index contributed by atoms with van der Waals surface area (Å²) in [5, 5.41) is 8.73. The average Bonchev–Trinajstić information content (AvgIpc) is 2.86. The van der Waals surface area contributed by atoms with Gasteiger partial charge < -0.3 is 5.11 Å². The highest BCUT2D eigenvalue weighted by molar-refractivity contribution is 5.69. The van der Waals surface area contributed by atoms with Gasteiger partial charge in [0, 0.05) is 13.1 Å². The molecule has 0 amide bonds. The van der Waals surface area contributed by atoms with Gasteiger partial charge in [0.25, 0.3) is 0 Å². The minimum absolute atomic E-state index is 0.148. The van der Waals surface area contributed by atoms with Gasteiger partial charge in [-0.25, -0.2) is 0 Å². The second kappa shape index (κ2) is 5.15. The zero-order valence-electron chi connectivity index (χ0n) is 8.83. The van der Waals surface area contributed by atoms with Crippen molar-refractivity contribution in [3.8, 4) is 0 Å². The van der Waals surface area contributed by atoms with Crippen LogP contribution in [0.1, 0.15) is 26.2 Å². The standard InChI is InChI=1S/C11H19NO2/c1-3-9(2)6-12(8-11(13)14)7-10-4-5-10/h10H,2-8H2,1H3,(H,13,14). The first-order valence-electron chi connectivity index (χ1n) is 5.22. The molecule has 0 aromatic carbocycles. The van der Waals surface area contributed by atoms with Gasteiger partial charge in [0.15, 0.2) is 0 Å². The third kappa shape index (κ3) is 4.42. The van der Waals surface area contributed by atoms with Crippen LogP contribution in [0.5, 0.6) is 0 Å². The second-order valence-corrected chi connectivity index (χ2v) is 4.11. The summed E-state index contributed by atoms with van der Waals surface area (Å²) in [4.78, 5) is 12.6.